The van der Waals surface area contributed by atoms with E-state index in [-0.39, 0.29) is 17.4 Å². The number of aryl methyl sites for hydroxylation is 3. The first kappa shape index (κ1) is 16.2. The average molecular weight is 339 g/mol. The molecule has 1 N–H and O–H groups in total. The SMILES string of the molecule is COc1cc(C2(C(=O)N[C@H]3CCc4nc(C)cn4C3)CC2)ccc1C. The van der Waals surface area contributed by atoms with Crippen molar-refractivity contribution in [3.05, 3.63) is 47.0 Å². The number of fused-ring (bicyclic) bond motifs is 1. The summed E-state index contributed by atoms with van der Waals surface area (Å²) in [5, 5.41) is 3.29. The molecule has 25 heavy (non-hydrogen) atoms. The molecule has 0 spiro atoms. The molecular formula is C20H25N3O2. The molecule has 1 atom stereocenters. The molecule has 0 saturated heterocycles. The lowest BCUT2D eigenvalue weighted by Gasteiger charge is -2.27. The van der Waals surface area contributed by atoms with E-state index >= 15 is 0 Å². The minimum Gasteiger partial charge on any atom is -0.496 e. The number of hydrogen-bond donors (Lipinski definition) is 1. The summed E-state index contributed by atoms with van der Waals surface area (Å²) >= 11 is 0. The third-order valence-electron chi connectivity index (χ3n) is 5.59. The van der Waals surface area contributed by atoms with Crippen molar-refractivity contribution in [1.82, 2.24) is 14.9 Å². The fourth-order valence-electron chi connectivity index (χ4n) is 3.92. The highest BCUT2D eigenvalue weighted by molar-refractivity contribution is 5.91. The Kier molecular flexibility index (Phi) is 3.82. The molecule has 1 amide bonds. The van der Waals surface area contributed by atoms with E-state index in [0.29, 0.717) is 0 Å². The molecule has 1 aromatic heterocycles. The minimum atomic E-state index is -0.369. The lowest BCUT2D eigenvalue weighted by molar-refractivity contribution is -0.124. The first-order chi connectivity index (χ1) is 12.0. The van der Waals surface area contributed by atoms with Crippen LogP contribution in [0.5, 0.6) is 5.75 Å². The number of ether oxygens (including phenoxy) is 1. The Bertz CT molecular complexity index is 820. The summed E-state index contributed by atoms with van der Waals surface area (Å²) in [6.45, 7) is 4.85. The van der Waals surface area contributed by atoms with E-state index in [1.807, 2.05) is 26.0 Å². The Morgan fingerprint density at radius 3 is 2.88 bits per heavy atom. The Balaban J connectivity index is 1.50. The summed E-state index contributed by atoms with van der Waals surface area (Å²) in [6.07, 6.45) is 5.77. The van der Waals surface area contributed by atoms with Crippen molar-refractivity contribution in [2.45, 2.75) is 57.5 Å². The quantitative estimate of drug-likeness (QED) is 0.932. The zero-order chi connectivity index (χ0) is 17.6. The molecule has 0 bridgehead atoms. The summed E-state index contributed by atoms with van der Waals surface area (Å²) in [4.78, 5) is 17.6. The summed E-state index contributed by atoms with van der Waals surface area (Å²) in [6, 6.07) is 6.32. The van der Waals surface area contributed by atoms with Gasteiger partial charge in [0.2, 0.25) is 5.91 Å². The topological polar surface area (TPSA) is 56.1 Å². The standard InChI is InChI=1S/C20H25N3O2/c1-13-4-5-15(10-17(13)25-3)20(8-9-20)19(24)22-16-6-7-18-21-14(2)11-23(18)12-16/h4-5,10-11,16H,6-9,12H2,1-3H3,(H,22,24)/t16-/m0/s1. The van der Waals surface area contributed by atoms with Crippen LogP contribution in [-0.2, 0) is 23.2 Å². The molecule has 132 valence electrons. The molecule has 2 aromatic rings. The first-order valence-corrected chi connectivity index (χ1v) is 9.00. The normalized spacial score (nSPS) is 20.7. The predicted octanol–water partition coefficient (Wildman–Crippen LogP) is 2.67. The van der Waals surface area contributed by atoms with E-state index in [1.54, 1.807) is 7.11 Å². The number of carbonyl (C=O) groups is 1. The number of hydrogen-bond acceptors (Lipinski definition) is 3. The van der Waals surface area contributed by atoms with Crippen molar-refractivity contribution in [2.24, 2.45) is 0 Å². The number of benzene rings is 1. The number of aromatic nitrogens is 2. The summed E-state index contributed by atoms with van der Waals surface area (Å²) in [5.41, 5.74) is 2.85. The second kappa shape index (κ2) is 5.90. The molecule has 2 aliphatic rings. The molecule has 1 fully saturated rings. The Morgan fingerprint density at radius 1 is 1.36 bits per heavy atom. The smallest absolute Gasteiger partial charge is 0.230 e. The third-order valence-corrected chi connectivity index (χ3v) is 5.59. The van der Waals surface area contributed by atoms with E-state index in [2.05, 4.69) is 27.1 Å². The van der Waals surface area contributed by atoms with Crippen molar-refractivity contribution >= 4 is 5.91 Å². The molecule has 2 heterocycles. The van der Waals surface area contributed by atoms with Gasteiger partial charge >= 0.3 is 0 Å². The summed E-state index contributed by atoms with van der Waals surface area (Å²) in [7, 11) is 1.68. The average Bonchev–Trinajstić information content (AvgIpc) is 3.32. The van der Waals surface area contributed by atoms with Crippen molar-refractivity contribution < 1.29 is 9.53 Å². The van der Waals surface area contributed by atoms with E-state index in [1.165, 1.54) is 0 Å². The molecule has 4 rings (SSSR count). The number of carbonyl (C=O) groups excluding carboxylic acids is 1. The number of methoxy groups -OCH3 is 1. The van der Waals surface area contributed by atoms with Crippen LogP contribution in [0.25, 0.3) is 0 Å². The number of nitrogens with zero attached hydrogens (tertiary/aromatic N) is 2. The van der Waals surface area contributed by atoms with Crippen LogP contribution in [0.1, 0.15) is 41.9 Å². The second-order valence-corrected chi connectivity index (χ2v) is 7.43. The van der Waals surface area contributed by atoms with E-state index in [4.69, 9.17) is 4.74 Å². The predicted molar refractivity (Wildman–Crippen MR) is 95.9 cm³/mol. The van der Waals surface area contributed by atoms with Crippen molar-refractivity contribution in [3.63, 3.8) is 0 Å². The third kappa shape index (κ3) is 2.81. The number of imidazole rings is 1. The molecule has 1 aromatic carbocycles. The van der Waals surface area contributed by atoms with Gasteiger partial charge in [0, 0.05) is 25.2 Å². The van der Waals surface area contributed by atoms with Gasteiger partial charge in [-0.05, 0) is 50.3 Å². The van der Waals surface area contributed by atoms with Crippen LogP contribution in [0.15, 0.2) is 24.4 Å². The van der Waals surface area contributed by atoms with E-state index in [9.17, 15) is 4.79 Å². The van der Waals surface area contributed by atoms with Crippen molar-refractivity contribution in [3.8, 4) is 5.75 Å². The molecule has 0 unspecified atom stereocenters. The van der Waals surface area contributed by atoms with Gasteiger partial charge in [-0.15, -0.1) is 0 Å². The fourth-order valence-corrected chi connectivity index (χ4v) is 3.92. The lowest BCUT2D eigenvalue weighted by Crippen LogP contribution is -2.45. The highest BCUT2D eigenvalue weighted by atomic mass is 16.5. The van der Waals surface area contributed by atoms with Gasteiger partial charge in [0.15, 0.2) is 0 Å². The second-order valence-electron chi connectivity index (χ2n) is 7.43. The Hall–Kier alpha value is -2.30. The maximum Gasteiger partial charge on any atom is 0.230 e. The van der Waals surface area contributed by atoms with Crippen molar-refractivity contribution in [2.75, 3.05) is 7.11 Å². The molecule has 5 heteroatoms. The summed E-state index contributed by atoms with van der Waals surface area (Å²) < 4.78 is 7.62. The van der Waals surface area contributed by atoms with Crippen LogP contribution in [0.4, 0.5) is 0 Å². The zero-order valence-electron chi connectivity index (χ0n) is 15.1. The molecule has 1 saturated carbocycles. The maximum atomic E-state index is 13.0. The first-order valence-electron chi connectivity index (χ1n) is 9.00. The molecule has 0 radical (unpaired) electrons. The monoisotopic (exact) mass is 339 g/mol. The zero-order valence-corrected chi connectivity index (χ0v) is 15.1. The van der Waals surface area contributed by atoms with Crippen LogP contribution in [0.2, 0.25) is 0 Å². The van der Waals surface area contributed by atoms with Gasteiger partial charge < -0.3 is 14.6 Å². The lowest BCUT2D eigenvalue weighted by atomic mass is 9.93. The largest absolute Gasteiger partial charge is 0.496 e. The highest BCUT2D eigenvalue weighted by Crippen LogP contribution is 2.49. The van der Waals surface area contributed by atoms with Gasteiger partial charge in [-0.25, -0.2) is 4.98 Å². The van der Waals surface area contributed by atoms with Crippen LogP contribution >= 0.6 is 0 Å². The molecule has 1 aliphatic carbocycles. The minimum absolute atomic E-state index is 0.156. The van der Waals surface area contributed by atoms with Gasteiger partial charge in [0.1, 0.15) is 11.6 Å². The number of nitrogens with one attached hydrogen (secondary N) is 1. The highest BCUT2D eigenvalue weighted by Gasteiger charge is 2.51. The Morgan fingerprint density at radius 2 is 2.16 bits per heavy atom. The van der Waals surface area contributed by atoms with Gasteiger partial charge in [0.25, 0.3) is 0 Å². The number of rotatable bonds is 4. The maximum absolute atomic E-state index is 13.0. The summed E-state index contributed by atoms with van der Waals surface area (Å²) in [5.74, 6) is 2.14. The van der Waals surface area contributed by atoms with Crippen molar-refractivity contribution in [1.29, 1.82) is 0 Å². The van der Waals surface area contributed by atoms with Crippen LogP contribution < -0.4 is 10.1 Å². The fraction of sp³-hybridized carbons (Fsp3) is 0.500. The van der Waals surface area contributed by atoms with Crippen LogP contribution in [0, 0.1) is 13.8 Å². The molecule has 5 nitrogen and oxygen atoms in total. The Labute approximate surface area is 148 Å². The van der Waals surface area contributed by atoms with Gasteiger partial charge in [-0.2, -0.15) is 0 Å². The van der Waals surface area contributed by atoms with E-state index < -0.39 is 0 Å². The van der Waals surface area contributed by atoms with E-state index in [0.717, 1.165) is 60.6 Å². The van der Waals surface area contributed by atoms with Gasteiger partial charge in [-0.1, -0.05) is 12.1 Å². The van der Waals surface area contributed by atoms with Gasteiger partial charge in [0.05, 0.1) is 18.2 Å². The van der Waals surface area contributed by atoms with Crippen LogP contribution in [0.3, 0.4) is 0 Å². The number of amides is 1. The van der Waals surface area contributed by atoms with Crippen LogP contribution in [-0.4, -0.2) is 28.6 Å². The molecular weight excluding hydrogens is 314 g/mol. The van der Waals surface area contributed by atoms with Gasteiger partial charge in [-0.3, -0.25) is 4.79 Å². The molecule has 1 aliphatic heterocycles.